The van der Waals surface area contributed by atoms with Crippen LogP contribution in [0.3, 0.4) is 0 Å². The van der Waals surface area contributed by atoms with E-state index < -0.39 is 21.4 Å². The molecule has 1 aromatic carbocycles. The van der Waals surface area contributed by atoms with Gasteiger partial charge in [0.15, 0.2) is 0 Å². The lowest BCUT2D eigenvalue weighted by Gasteiger charge is -2.26. The molecule has 0 radical (unpaired) electrons. The Kier molecular flexibility index (Phi) is 5.34. The summed E-state index contributed by atoms with van der Waals surface area (Å²) in [6.45, 7) is 3.34. The minimum Gasteiger partial charge on any atom is -0.207 e. The normalized spacial score (nSPS) is 12.7. The van der Waals surface area contributed by atoms with Gasteiger partial charge in [0.05, 0.1) is 4.90 Å². The van der Waals surface area contributed by atoms with Crippen LogP contribution < -0.4 is 4.72 Å². The average molecular weight is 403 g/mol. The molecular weight excluding hydrogens is 389 g/mol. The van der Waals surface area contributed by atoms with Gasteiger partial charge in [-0.3, -0.25) is 0 Å². The number of hydrogen-bond donors (Lipinski definition) is 1. The molecule has 18 heavy (non-hydrogen) atoms. The van der Waals surface area contributed by atoms with Crippen molar-refractivity contribution in [1.82, 2.24) is 4.72 Å². The van der Waals surface area contributed by atoms with E-state index in [0.717, 1.165) is 6.07 Å². The Balaban J connectivity index is 3.15. The van der Waals surface area contributed by atoms with Crippen LogP contribution in [0.4, 0.5) is 4.39 Å². The van der Waals surface area contributed by atoms with Gasteiger partial charge in [-0.1, -0.05) is 31.9 Å². The van der Waals surface area contributed by atoms with Gasteiger partial charge in [0, 0.05) is 16.2 Å². The molecule has 0 aromatic heterocycles. The highest BCUT2D eigenvalue weighted by molar-refractivity contribution is 9.09. The quantitative estimate of drug-likeness (QED) is 0.769. The van der Waals surface area contributed by atoms with E-state index in [1.807, 2.05) is 0 Å². The lowest BCUT2D eigenvalue weighted by atomic mass is 10.1. The van der Waals surface area contributed by atoms with E-state index >= 15 is 0 Å². The van der Waals surface area contributed by atoms with Crippen LogP contribution in [0, 0.1) is 12.7 Å². The van der Waals surface area contributed by atoms with Crippen LogP contribution >= 0.6 is 31.9 Å². The highest BCUT2D eigenvalue weighted by atomic mass is 79.9. The molecule has 1 rings (SSSR count). The number of alkyl halides is 2. The van der Waals surface area contributed by atoms with Crippen LogP contribution in [-0.4, -0.2) is 24.6 Å². The Morgan fingerprint density at radius 3 is 2.33 bits per heavy atom. The van der Waals surface area contributed by atoms with Crippen molar-refractivity contribution in [2.24, 2.45) is 0 Å². The smallest absolute Gasteiger partial charge is 0.207 e. The molecule has 0 amide bonds. The lowest BCUT2D eigenvalue weighted by Crippen LogP contribution is -2.48. The monoisotopic (exact) mass is 401 g/mol. The number of sulfonamides is 1. The van der Waals surface area contributed by atoms with E-state index in [1.165, 1.54) is 12.1 Å². The Labute approximate surface area is 123 Å². The molecular formula is C11H14Br2FNO2S. The molecule has 0 heterocycles. The van der Waals surface area contributed by atoms with Gasteiger partial charge < -0.3 is 0 Å². The predicted octanol–water partition coefficient (Wildman–Crippen LogP) is 2.96. The van der Waals surface area contributed by atoms with Crippen LogP contribution in [0.1, 0.15) is 12.5 Å². The fourth-order valence-electron chi connectivity index (χ4n) is 1.38. The molecule has 0 spiro atoms. The van der Waals surface area contributed by atoms with E-state index in [0.29, 0.717) is 16.2 Å². The third kappa shape index (κ3) is 3.76. The summed E-state index contributed by atoms with van der Waals surface area (Å²) in [5.41, 5.74) is -0.256. The maximum atomic E-state index is 13.0. The molecule has 0 bridgehead atoms. The first-order valence-corrected chi connectivity index (χ1v) is 8.89. The first-order chi connectivity index (χ1) is 8.24. The topological polar surface area (TPSA) is 46.2 Å². The number of benzene rings is 1. The Bertz CT molecular complexity index is 530. The van der Waals surface area contributed by atoms with Gasteiger partial charge in [-0.05, 0) is 37.6 Å². The first kappa shape index (κ1) is 16.1. The van der Waals surface area contributed by atoms with Gasteiger partial charge in [0.2, 0.25) is 10.0 Å². The Morgan fingerprint density at radius 2 is 1.89 bits per heavy atom. The van der Waals surface area contributed by atoms with E-state index in [9.17, 15) is 12.8 Å². The van der Waals surface area contributed by atoms with Crippen molar-refractivity contribution in [3.63, 3.8) is 0 Å². The molecule has 0 aliphatic carbocycles. The maximum absolute atomic E-state index is 13.0. The molecule has 3 nitrogen and oxygen atoms in total. The molecule has 1 aromatic rings. The van der Waals surface area contributed by atoms with Crippen LogP contribution in [0.2, 0.25) is 0 Å². The lowest BCUT2D eigenvalue weighted by molar-refractivity contribution is 0.508. The second-order valence-electron chi connectivity index (χ2n) is 4.34. The third-order valence-electron chi connectivity index (χ3n) is 2.40. The van der Waals surface area contributed by atoms with Crippen molar-refractivity contribution < 1.29 is 12.8 Å². The largest absolute Gasteiger partial charge is 0.241 e. The summed E-state index contributed by atoms with van der Waals surface area (Å²) < 4.78 is 40.0. The van der Waals surface area contributed by atoms with Crippen molar-refractivity contribution in [2.45, 2.75) is 24.3 Å². The van der Waals surface area contributed by atoms with Crippen molar-refractivity contribution in [1.29, 1.82) is 0 Å². The highest BCUT2D eigenvalue weighted by Gasteiger charge is 2.29. The number of nitrogens with one attached hydrogen (secondary N) is 1. The van der Waals surface area contributed by atoms with Crippen LogP contribution in [0.15, 0.2) is 23.1 Å². The van der Waals surface area contributed by atoms with Crippen molar-refractivity contribution in [3.8, 4) is 0 Å². The van der Waals surface area contributed by atoms with E-state index in [4.69, 9.17) is 0 Å². The molecule has 7 heteroatoms. The first-order valence-electron chi connectivity index (χ1n) is 5.16. The van der Waals surface area contributed by atoms with Gasteiger partial charge in [-0.2, -0.15) is 0 Å². The molecule has 0 fully saturated rings. The number of aryl methyl sites for hydroxylation is 1. The van der Waals surface area contributed by atoms with E-state index in [-0.39, 0.29) is 4.90 Å². The number of halogens is 3. The molecule has 0 saturated carbocycles. The molecule has 0 saturated heterocycles. The second kappa shape index (κ2) is 5.98. The fourth-order valence-corrected chi connectivity index (χ4v) is 4.60. The van der Waals surface area contributed by atoms with Crippen molar-refractivity contribution in [3.05, 3.63) is 29.6 Å². The molecule has 0 atom stereocenters. The van der Waals surface area contributed by atoms with Crippen LogP contribution in [-0.2, 0) is 10.0 Å². The van der Waals surface area contributed by atoms with Gasteiger partial charge in [0.25, 0.3) is 0 Å². The number of rotatable bonds is 5. The summed E-state index contributed by atoms with van der Waals surface area (Å²) in [6.07, 6.45) is 0. The average Bonchev–Trinajstić information content (AvgIpc) is 2.27. The Morgan fingerprint density at radius 1 is 1.33 bits per heavy atom. The zero-order valence-electron chi connectivity index (χ0n) is 10.0. The maximum Gasteiger partial charge on any atom is 0.241 e. The summed E-state index contributed by atoms with van der Waals surface area (Å²) in [4.78, 5) is 0.0945. The molecule has 102 valence electrons. The zero-order valence-corrected chi connectivity index (χ0v) is 14.0. The highest BCUT2D eigenvalue weighted by Crippen LogP contribution is 2.20. The second-order valence-corrected chi connectivity index (χ2v) is 7.12. The minimum atomic E-state index is -3.67. The predicted molar refractivity (Wildman–Crippen MR) is 77.5 cm³/mol. The molecule has 0 aliphatic rings. The standard InChI is InChI=1S/C11H14Br2FNO2S/c1-8-5-9(14)3-4-10(8)18(16,17)15-11(2,6-12)7-13/h3-5,15H,6-7H2,1-2H3. The zero-order chi connectivity index (χ0) is 14.0. The van der Waals surface area contributed by atoms with Gasteiger partial charge in [-0.25, -0.2) is 17.5 Å². The Hall–Kier alpha value is 0.0200. The summed E-state index contributed by atoms with van der Waals surface area (Å²) in [6, 6.07) is 3.62. The third-order valence-corrected chi connectivity index (χ3v) is 6.67. The minimum absolute atomic E-state index is 0.0945. The summed E-state index contributed by atoms with van der Waals surface area (Å²) >= 11 is 6.54. The molecule has 1 N–H and O–H groups in total. The van der Waals surface area contributed by atoms with Gasteiger partial charge in [-0.15, -0.1) is 0 Å². The summed E-state index contributed by atoms with van der Waals surface area (Å²) in [5.74, 6) is -0.449. The SMILES string of the molecule is Cc1cc(F)ccc1S(=O)(=O)NC(C)(CBr)CBr. The molecule has 0 unspecified atom stereocenters. The molecule has 0 aliphatic heterocycles. The van der Waals surface area contributed by atoms with E-state index in [2.05, 4.69) is 36.6 Å². The van der Waals surface area contributed by atoms with Crippen LogP contribution in [0.25, 0.3) is 0 Å². The van der Waals surface area contributed by atoms with Crippen molar-refractivity contribution >= 4 is 41.9 Å². The van der Waals surface area contributed by atoms with E-state index in [1.54, 1.807) is 13.8 Å². The van der Waals surface area contributed by atoms with Gasteiger partial charge >= 0.3 is 0 Å². The fraction of sp³-hybridized carbons (Fsp3) is 0.455. The number of hydrogen-bond acceptors (Lipinski definition) is 2. The summed E-state index contributed by atoms with van der Waals surface area (Å²) in [5, 5.41) is 0.926. The summed E-state index contributed by atoms with van der Waals surface area (Å²) in [7, 11) is -3.67. The van der Waals surface area contributed by atoms with Gasteiger partial charge in [0.1, 0.15) is 5.82 Å². The van der Waals surface area contributed by atoms with Crippen LogP contribution in [0.5, 0.6) is 0 Å². The van der Waals surface area contributed by atoms with Crippen molar-refractivity contribution in [2.75, 3.05) is 10.7 Å².